The first kappa shape index (κ1) is 20.4. The number of hydrazone groups is 1. The Morgan fingerprint density at radius 3 is 2.72 bits per heavy atom. The molecule has 3 rings (SSSR count). The SMILES string of the molecule is COc1cc(/C=N/NC(=O)c2ccccc2OCc2cccc(Br)c2)ccc1O. The van der Waals surface area contributed by atoms with E-state index in [9.17, 15) is 9.90 Å². The third kappa shape index (κ3) is 5.58. The fourth-order valence-corrected chi connectivity index (χ4v) is 3.01. The molecule has 0 aliphatic carbocycles. The van der Waals surface area contributed by atoms with E-state index in [1.165, 1.54) is 19.4 Å². The van der Waals surface area contributed by atoms with Crippen LogP contribution in [0.1, 0.15) is 21.5 Å². The molecule has 0 aromatic heterocycles. The highest BCUT2D eigenvalue weighted by Crippen LogP contribution is 2.25. The zero-order valence-electron chi connectivity index (χ0n) is 15.6. The van der Waals surface area contributed by atoms with Crippen LogP contribution in [0.4, 0.5) is 0 Å². The van der Waals surface area contributed by atoms with Gasteiger partial charge >= 0.3 is 0 Å². The minimum absolute atomic E-state index is 0.0326. The van der Waals surface area contributed by atoms with Crippen molar-refractivity contribution in [1.29, 1.82) is 0 Å². The molecule has 6 nitrogen and oxygen atoms in total. The van der Waals surface area contributed by atoms with Crippen molar-refractivity contribution >= 4 is 28.1 Å². The average Bonchev–Trinajstić information content (AvgIpc) is 2.73. The first-order valence-electron chi connectivity index (χ1n) is 8.73. The van der Waals surface area contributed by atoms with Crippen molar-refractivity contribution < 1.29 is 19.4 Å². The lowest BCUT2D eigenvalue weighted by atomic mass is 10.2. The van der Waals surface area contributed by atoms with E-state index >= 15 is 0 Å². The van der Waals surface area contributed by atoms with E-state index in [1.807, 2.05) is 24.3 Å². The maximum atomic E-state index is 12.5. The molecule has 3 aromatic rings. The molecule has 0 atom stereocenters. The lowest BCUT2D eigenvalue weighted by Gasteiger charge is -2.10. The average molecular weight is 455 g/mol. The Bertz CT molecular complexity index is 1040. The smallest absolute Gasteiger partial charge is 0.275 e. The van der Waals surface area contributed by atoms with Crippen LogP contribution < -0.4 is 14.9 Å². The van der Waals surface area contributed by atoms with Gasteiger partial charge in [-0.2, -0.15) is 5.10 Å². The van der Waals surface area contributed by atoms with E-state index in [2.05, 4.69) is 26.5 Å². The van der Waals surface area contributed by atoms with E-state index in [1.54, 1.807) is 36.4 Å². The summed E-state index contributed by atoms with van der Waals surface area (Å²) in [5.74, 6) is 0.431. The van der Waals surface area contributed by atoms with Gasteiger partial charge in [0, 0.05) is 4.47 Å². The molecule has 1 amide bonds. The third-order valence-corrected chi connectivity index (χ3v) is 4.49. The molecular formula is C22H19BrN2O4. The van der Waals surface area contributed by atoms with Gasteiger partial charge in [0.05, 0.1) is 18.9 Å². The number of carbonyl (C=O) groups is 1. The molecule has 0 spiro atoms. The van der Waals surface area contributed by atoms with Crippen molar-refractivity contribution in [2.45, 2.75) is 6.61 Å². The lowest BCUT2D eigenvalue weighted by Crippen LogP contribution is -2.18. The quantitative estimate of drug-likeness (QED) is 0.406. The van der Waals surface area contributed by atoms with Gasteiger partial charge in [0.15, 0.2) is 11.5 Å². The molecule has 7 heteroatoms. The van der Waals surface area contributed by atoms with Gasteiger partial charge in [-0.3, -0.25) is 4.79 Å². The molecular weight excluding hydrogens is 436 g/mol. The zero-order valence-corrected chi connectivity index (χ0v) is 17.2. The summed E-state index contributed by atoms with van der Waals surface area (Å²) in [5.41, 5.74) is 4.51. The number of ether oxygens (including phenoxy) is 2. The zero-order chi connectivity index (χ0) is 20.6. The van der Waals surface area contributed by atoms with Crippen LogP contribution in [0.25, 0.3) is 0 Å². The normalized spacial score (nSPS) is 10.7. The predicted octanol–water partition coefficient (Wildman–Crippen LogP) is 4.51. The number of benzene rings is 3. The molecule has 0 fully saturated rings. The summed E-state index contributed by atoms with van der Waals surface area (Å²) in [6, 6.07) is 19.5. The summed E-state index contributed by atoms with van der Waals surface area (Å²) in [6.45, 7) is 0.334. The van der Waals surface area contributed by atoms with Crippen LogP contribution in [0, 0.1) is 0 Å². The van der Waals surface area contributed by atoms with E-state index in [-0.39, 0.29) is 5.75 Å². The van der Waals surface area contributed by atoms with Gasteiger partial charge in [0.25, 0.3) is 5.91 Å². The second-order valence-electron chi connectivity index (χ2n) is 6.05. The van der Waals surface area contributed by atoms with E-state index in [0.29, 0.717) is 29.2 Å². The summed E-state index contributed by atoms with van der Waals surface area (Å²) < 4.78 is 11.8. The number of halogens is 1. The molecule has 0 saturated carbocycles. The molecule has 0 aliphatic heterocycles. The molecule has 29 heavy (non-hydrogen) atoms. The highest BCUT2D eigenvalue weighted by atomic mass is 79.9. The summed E-state index contributed by atoms with van der Waals surface area (Å²) in [6.07, 6.45) is 1.46. The Hall–Kier alpha value is -3.32. The van der Waals surface area contributed by atoms with Crippen molar-refractivity contribution in [3.8, 4) is 17.2 Å². The molecule has 148 valence electrons. The molecule has 0 heterocycles. The number of methoxy groups -OCH3 is 1. The minimum Gasteiger partial charge on any atom is -0.504 e. The highest BCUT2D eigenvalue weighted by Gasteiger charge is 2.11. The maximum Gasteiger partial charge on any atom is 0.275 e. The van der Waals surface area contributed by atoms with Crippen LogP contribution in [0.5, 0.6) is 17.2 Å². The first-order valence-corrected chi connectivity index (χ1v) is 9.53. The molecule has 2 N–H and O–H groups in total. The van der Waals surface area contributed by atoms with Crippen molar-refractivity contribution in [3.05, 3.63) is 87.9 Å². The number of phenols is 1. The number of para-hydroxylation sites is 1. The van der Waals surface area contributed by atoms with E-state index in [0.717, 1.165) is 10.0 Å². The first-order chi connectivity index (χ1) is 14.1. The number of nitrogens with one attached hydrogen (secondary N) is 1. The monoisotopic (exact) mass is 454 g/mol. The summed E-state index contributed by atoms with van der Waals surface area (Å²) in [7, 11) is 1.46. The van der Waals surface area contributed by atoms with Crippen LogP contribution in [0.3, 0.4) is 0 Å². The Balaban J connectivity index is 1.66. The van der Waals surface area contributed by atoms with Crippen molar-refractivity contribution in [2.24, 2.45) is 5.10 Å². The molecule has 0 bridgehead atoms. The van der Waals surface area contributed by atoms with Crippen molar-refractivity contribution in [2.75, 3.05) is 7.11 Å². The van der Waals surface area contributed by atoms with Gasteiger partial charge in [-0.15, -0.1) is 0 Å². The number of aromatic hydroxyl groups is 1. The van der Waals surface area contributed by atoms with Gasteiger partial charge < -0.3 is 14.6 Å². The Kier molecular flexibility index (Phi) is 6.86. The van der Waals surface area contributed by atoms with E-state index < -0.39 is 5.91 Å². The van der Waals surface area contributed by atoms with Crippen LogP contribution in [0.15, 0.2) is 76.3 Å². The van der Waals surface area contributed by atoms with Gasteiger partial charge in [0.1, 0.15) is 12.4 Å². The Labute approximate surface area is 176 Å². The second kappa shape index (κ2) is 9.75. The fourth-order valence-electron chi connectivity index (χ4n) is 2.57. The second-order valence-corrected chi connectivity index (χ2v) is 6.96. The predicted molar refractivity (Wildman–Crippen MR) is 115 cm³/mol. The topological polar surface area (TPSA) is 80.2 Å². The number of nitrogens with zero attached hydrogens (tertiary/aromatic N) is 1. The summed E-state index contributed by atoms with van der Waals surface area (Å²) in [5, 5.41) is 13.6. The number of hydrogen-bond acceptors (Lipinski definition) is 5. The van der Waals surface area contributed by atoms with Crippen molar-refractivity contribution in [3.63, 3.8) is 0 Å². The largest absolute Gasteiger partial charge is 0.504 e. The molecule has 0 saturated heterocycles. The summed E-state index contributed by atoms with van der Waals surface area (Å²) in [4.78, 5) is 12.5. The number of rotatable bonds is 7. The Morgan fingerprint density at radius 2 is 1.93 bits per heavy atom. The standard InChI is InChI=1S/C22H19BrN2O4/c1-28-21-12-15(9-10-19(21)26)13-24-25-22(27)18-7-2-3-8-20(18)29-14-16-5-4-6-17(23)11-16/h2-13,26H,14H2,1H3,(H,25,27)/b24-13+. The molecule has 3 aromatic carbocycles. The number of carbonyl (C=O) groups excluding carboxylic acids is 1. The number of amides is 1. The van der Waals surface area contributed by atoms with E-state index in [4.69, 9.17) is 9.47 Å². The lowest BCUT2D eigenvalue weighted by molar-refractivity contribution is 0.0950. The van der Waals surface area contributed by atoms with Gasteiger partial charge in [0.2, 0.25) is 0 Å². The number of hydrogen-bond donors (Lipinski definition) is 2. The Morgan fingerprint density at radius 1 is 1.10 bits per heavy atom. The number of phenolic OH excluding ortho intramolecular Hbond substituents is 1. The molecule has 0 unspecified atom stereocenters. The fraction of sp³-hybridized carbons (Fsp3) is 0.0909. The van der Waals surface area contributed by atoms with Gasteiger partial charge in [-0.1, -0.05) is 40.2 Å². The van der Waals surface area contributed by atoms with Gasteiger partial charge in [-0.05, 0) is 53.6 Å². The van der Waals surface area contributed by atoms with Crippen LogP contribution in [-0.4, -0.2) is 24.3 Å². The summed E-state index contributed by atoms with van der Waals surface area (Å²) >= 11 is 3.43. The highest BCUT2D eigenvalue weighted by molar-refractivity contribution is 9.10. The maximum absolute atomic E-state index is 12.5. The van der Waals surface area contributed by atoms with Crippen LogP contribution in [-0.2, 0) is 6.61 Å². The van der Waals surface area contributed by atoms with Gasteiger partial charge in [-0.25, -0.2) is 5.43 Å². The third-order valence-electron chi connectivity index (χ3n) is 4.00. The minimum atomic E-state index is -0.392. The molecule has 0 radical (unpaired) electrons. The van der Waals surface area contributed by atoms with Crippen LogP contribution in [0.2, 0.25) is 0 Å². The van der Waals surface area contributed by atoms with Crippen LogP contribution >= 0.6 is 15.9 Å². The molecule has 0 aliphatic rings. The van der Waals surface area contributed by atoms with Crippen molar-refractivity contribution in [1.82, 2.24) is 5.43 Å².